The molecule has 1 saturated heterocycles. The van der Waals surface area contributed by atoms with E-state index in [0.29, 0.717) is 18.8 Å². The molecule has 0 radical (unpaired) electrons. The highest BCUT2D eigenvalue weighted by Gasteiger charge is 2.44. The van der Waals surface area contributed by atoms with Gasteiger partial charge in [-0.1, -0.05) is 60.7 Å². The van der Waals surface area contributed by atoms with Crippen molar-refractivity contribution in [2.45, 2.75) is 18.6 Å². The van der Waals surface area contributed by atoms with Gasteiger partial charge in [0.15, 0.2) is 0 Å². The lowest BCUT2D eigenvalue weighted by molar-refractivity contribution is -0.196. The number of rotatable bonds is 3. The Labute approximate surface area is 124 Å². The van der Waals surface area contributed by atoms with Crippen LogP contribution >= 0.6 is 0 Å². The maximum atomic E-state index is 13.0. The first kappa shape index (κ1) is 14.0. The molecule has 21 heavy (non-hydrogen) atoms. The molecule has 2 aromatic carbocycles. The van der Waals surface area contributed by atoms with Gasteiger partial charge in [0.2, 0.25) is 5.78 Å². The number of hydrogen-bond acceptors (Lipinski definition) is 3. The highest BCUT2D eigenvalue weighted by atomic mass is 16.7. The summed E-state index contributed by atoms with van der Waals surface area (Å²) in [6.07, 6.45) is 1.80. The van der Waals surface area contributed by atoms with Crippen LogP contribution in [0.3, 0.4) is 0 Å². The third-order valence-corrected chi connectivity index (χ3v) is 3.64. The maximum absolute atomic E-state index is 13.0. The van der Waals surface area contributed by atoms with Crippen LogP contribution in [-0.2, 0) is 15.3 Å². The fraction of sp³-hybridized carbons (Fsp3) is 0.278. The van der Waals surface area contributed by atoms with Gasteiger partial charge in [0.1, 0.15) is 0 Å². The summed E-state index contributed by atoms with van der Waals surface area (Å²) in [5.74, 6) is -1.46. The molecule has 1 heterocycles. The smallest absolute Gasteiger partial charge is 0.261 e. The number of hydrogen-bond donors (Lipinski definition) is 0. The Morgan fingerprint density at radius 3 is 1.90 bits per heavy atom. The molecule has 0 atom stereocenters. The fourth-order valence-corrected chi connectivity index (χ4v) is 2.54. The second-order valence-electron chi connectivity index (χ2n) is 5.08. The van der Waals surface area contributed by atoms with Gasteiger partial charge in [0, 0.05) is 11.1 Å². The predicted octanol–water partition coefficient (Wildman–Crippen LogP) is 3.55. The van der Waals surface area contributed by atoms with Crippen molar-refractivity contribution >= 4 is 5.78 Å². The molecule has 3 rings (SSSR count). The Bertz CT molecular complexity index is 584. The molecule has 0 bridgehead atoms. The number of carbonyl (C=O) groups excluding carboxylic acids is 1. The number of ketones is 1. The molecule has 1 aliphatic heterocycles. The third kappa shape index (κ3) is 2.75. The second kappa shape index (κ2) is 6.20. The normalized spacial score (nSPS) is 17.9. The summed E-state index contributed by atoms with van der Waals surface area (Å²) in [6.45, 7) is 1.04. The van der Waals surface area contributed by atoms with Crippen LogP contribution in [0.1, 0.15) is 28.8 Å². The number of ether oxygens (including phenoxy) is 2. The van der Waals surface area contributed by atoms with Gasteiger partial charge in [-0.3, -0.25) is 4.79 Å². The molecule has 3 heteroatoms. The lowest BCUT2D eigenvalue weighted by atomic mass is 9.96. The molecule has 0 saturated carbocycles. The van der Waals surface area contributed by atoms with Crippen molar-refractivity contribution in [3.05, 3.63) is 71.8 Å². The molecule has 1 fully saturated rings. The summed E-state index contributed by atoms with van der Waals surface area (Å²) in [5, 5.41) is 0. The molecule has 0 aliphatic carbocycles. The summed E-state index contributed by atoms with van der Waals surface area (Å²) in [4.78, 5) is 13.0. The topological polar surface area (TPSA) is 35.5 Å². The van der Waals surface area contributed by atoms with Crippen molar-refractivity contribution in [1.82, 2.24) is 0 Å². The summed E-state index contributed by atoms with van der Waals surface area (Å²) in [6, 6.07) is 18.7. The van der Waals surface area contributed by atoms with E-state index >= 15 is 0 Å². The molecule has 0 aromatic heterocycles. The standard InChI is InChI=1S/C18H18O3/c19-17(15-9-3-1-4-10-15)18(16-11-5-2-6-12-16)20-13-7-8-14-21-18/h1-6,9-12H,7-8,13-14H2. The molecule has 0 spiro atoms. The molecular formula is C18H18O3. The number of Topliss-reactive ketones (excluding diaryl/α,β-unsaturated/α-hetero) is 1. The molecule has 0 N–H and O–H groups in total. The van der Waals surface area contributed by atoms with E-state index in [9.17, 15) is 4.79 Å². The molecular weight excluding hydrogens is 264 g/mol. The average molecular weight is 282 g/mol. The van der Waals surface area contributed by atoms with E-state index in [-0.39, 0.29) is 5.78 Å². The van der Waals surface area contributed by atoms with Crippen LogP contribution in [0.25, 0.3) is 0 Å². The highest BCUT2D eigenvalue weighted by molar-refractivity contribution is 6.02. The van der Waals surface area contributed by atoms with E-state index in [0.717, 1.165) is 18.4 Å². The van der Waals surface area contributed by atoms with Crippen molar-refractivity contribution in [3.8, 4) is 0 Å². The highest BCUT2D eigenvalue weighted by Crippen LogP contribution is 2.33. The molecule has 2 aromatic rings. The minimum absolute atomic E-state index is 0.142. The fourth-order valence-electron chi connectivity index (χ4n) is 2.54. The molecule has 0 amide bonds. The number of benzene rings is 2. The Hall–Kier alpha value is -1.97. The molecule has 1 aliphatic rings. The van der Waals surface area contributed by atoms with Crippen LogP contribution < -0.4 is 0 Å². The van der Waals surface area contributed by atoms with Gasteiger partial charge in [-0.05, 0) is 12.8 Å². The molecule has 3 nitrogen and oxygen atoms in total. The van der Waals surface area contributed by atoms with Gasteiger partial charge in [-0.15, -0.1) is 0 Å². The van der Waals surface area contributed by atoms with Crippen LogP contribution in [0.5, 0.6) is 0 Å². The third-order valence-electron chi connectivity index (χ3n) is 3.64. The largest absolute Gasteiger partial charge is 0.340 e. The van der Waals surface area contributed by atoms with Crippen molar-refractivity contribution in [2.75, 3.05) is 13.2 Å². The first-order valence-corrected chi connectivity index (χ1v) is 7.26. The zero-order valence-corrected chi connectivity index (χ0v) is 11.8. The van der Waals surface area contributed by atoms with Crippen molar-refractivity contribution in [3.63, 3.8) is 0 Å². The van der Waals surface area contributed by atoms with Crippen LogP contribution in [0.15, 0.2) is 60.7 Å². The van der Waals surface area contributed by atoms with Gasteiger partial charge in [0.05, 0.1) is 13.2 Å². The van der Waals surface area contributed by atoms with Gasteiger partial charge in [0.25, 0.3) is 5.79 Å². The van der Waals surface area contributed by atoms with Crippen LogP contribution in [0, 0.1) is 0 Å². The minimum Gasteiger partial charge on any atom is -0.340 e. The quantitative estimate of drug-likeness (QED) is 0.808. The first-order valence-electron chi connectivity index (χ1n) is 7.26. The second-order valence-corrected chi connectivity index (χ2v) is 5.08. The minimum atomic E-state index is -1.32. The van der Waals surface area contributed by atoms with E-state index in [1.54, 1.807) is 12.1 Å². The Morgan fingerprint density at radius 1 is 0.810 bits per heavy atom. The molecule has 108 valence electrons. The lowest BCUT2D eigenvalue weighted by Gasteiger charge is -2.31. The maximum Gasteiger partial charge on any atom is 0.261 e. The Balaban J connectivity index is 2.06. The van der Waals surface area contributed by atoms with E-state index in [1.807, 2.05) is 48.5 Å². The Kier molecular flexibility index (Phi) is 4.13. The zero-order chi connectivity index (χ0) is 14.5. The zero-order valence-electron chi connectivity index (χ0n) is 11.8. The summed E-state index contributed by atoms with van der Waals surface area (Å²) in [7, 11) is 0. The van der Waals surface area contributed by atoms with E-state index in [4.69, 9.17) is 9.47 Å². The molecule has 0 unspecified atom stereocenters. The van der Waals surface area contributed by atoms with E-state index in [2.05, 4.69) is 0 Å². The van der Waals surface area contributed by atoms with Crippen LogP contribution in [0.4, 0.5) is 0 Å². The predicted molar refractivity (Wildman–Crippen MR) is 80.0 cm³/mol. The van der Waals surface area contributed by atoms with Gasteiger partial charge >= 0.3 is 0 Å². The Morgan fingerprint density at radius 2 is 1.33 bits per heavy atom. The van der Waals surface area contributed by atoms with Crippen LogP contribution in [-0.4, -0.2) is 19.0 Å². The first-order chi connectivity index (χ1) is 10.3. The van der Waals surface area contributed by atoms with Gasteiger partial charge < -0.3 is 9.47 Å². The monoisotopic (exact) mass is 282 g/mol. The van der Waals surface area contributed by atoms with Gasteiger partial charge in [-0.2, -0.15) is 0 Å². The van der Waals surface area contributed by atoms with E-state index in [1.165, 1.54) is 0 Å². The average Bonchev–Trinajstić information content (AvgIpc) is 2.83. The SMILES string of the molecule is O=C(c1ccccc1)C1(c2ccccc2)OCCCCO1. The van der Waals surface area contributed by atoms with E-state index < -0.39 is 5.79 Å². The van der Waals surface area contributed by atoms with Crippen molar-refractivity contribution < 1.29 is 14.3 Å². The summed E-state index contributed by atoms with van der Waals surface area (Å²) in [5.41, 5.74) is 1.35. The lowest BCUT2D eigenvalue weighted by Crippen LogP contribution is -2.41. The number of carbonyl (C=O) groups is 1. The van der Waals surface area contributed by atoms with Gasteiger partial charge in [-0.25, -0.2) is 0 Å². The summed E-state index contributed by atoms with van der Waals surface area (Å²) < 4.78 is 11.8. The van der Waals surface area contributed by atoms with Crippen molar-refractivity contribution in [2.24, 2.45) is 0 Å². The van der Waals surface area contributed by atoms with Crippen molar-refractivity contribution in [1.29, 1.82) is 0 Å². The summed E-state index contributed by atoms with van der Waals surface area (Å²) >= 11 is 0. The van der Waals surface area contributed by atoms with Crippen LogP contribution in [0.2, 0.25) is 0 Å².